The van der Waals surface area contributed by atoms with Gasteiger partial charge in [-0.3, -0.25) is 9.59 Å². The predicted octanol–water partition coefficient (Wildman–Crippen LogP) is 2.46. The lowest BCUT2D eigenvalue weighted by Gasteiger charge is -2.22. The fourth-order valence-electron chi connectivity index (χ4n) is 1.85. The maximum Gasteiger partial charge on any atom is 0.303 e. The Morgan fingerprint density at radius 2 is 1.94 bits per heavy atom. The van der Waals surface area contributed by atoms with Gasteiger partial charge >= 0.3 is 5.97 Å². The summed E-state index contributed by atoms with van der Waals surface area (Å²) in [5.74, 6) is -1.20. The van der Waals surface area contributed by atoms with E-state index in [0.717, 1.165) is 11.3 Å². The van der Waals surface area contributed by atoms with Crippen LogP contribution in [0.5, 0.6) is 0 Å². The molecule has 0 spiro atoms. The monoisotopic (exact) mass is 249 g/mol. The van der Waals surface area contributed by atoms with Crippen LogP contribution in [0.4, 0.5) is 5.69 Å². The van der Waals surface area contributed by atoms with Crippen LogP contribution in [0, 0.1) is 12.8 Å². The molecule has 0 aliphatic heterocycles. The molecule has 4 heteroatoms. The van der Waals surface area contributed by atoms with Crippen molar-refractivity contribution < 1.29 is 14.7 Å². The predicted molar refractivity (Wildman–Crippen MR) is 70.6 cm³/mol. The lowest BCUT2D eigenvalue weighted by molar-refractivity contribution is -0.137. The number of nitrogens with zero attached hydrogens (tertiary/aromatic N) is 1. The minimum atomic E-state index is -0.867. The van der Waals surface area contributed by atoms with Gasteiger partial charge in [0.2, 0.25) is 5.91 Å². The van der Waals surface area contributed by atoms with Crippen LogP contribution >= 0.6 is 0 Å². The van der Waals surface area contributed by atoms with Crippen molar-refractivity contribution in [2.24, 2.45) is 5.92 Å². The highest BCUT2D eigenvalue weighted by Crippen LogP contribution is 2.20. The molecule has 4 nitrogen and oxygen atoms in total. The van der Waals surface area contributed by atoms with E-state index in [1.807, 2.05) is 31.2 Å². The van der Waals surface area contributed by atoms with Gasteiger partial charge in [0, 0.05) is 25.1 Å². The number of para-hydroxylation sites is 1. The lowest BCUT2D eigenvalue weighted by atomic mass is 10.0. The topological polar surface area (TPSA) is 57.6 Å². The van der Waals surface area contributed by atoms with Crippen LogP contribution < -0.4 is 4.90 Å². The molecule has 0 saturated carbocycles. The summed E-state index contributed by atoms with van der Waals surface area (Å²) in [6, 6.07) is 7.64. The van der Waals surface area contributed by atoms with Crippen molar-refractivity contribution in [1.29, 1.82) is 0 Å². The third-order valence-electron chi connectivity index (χ3n) is 3.02. The summed E-state index contributed by atoms with van der Waals surface area (Å²) in [5, 5.41) is 8.62. The number of aryl methyl sites for hydroxylation is 1. The summed E-state index contributed by atoms with van der Waals surface area (Å²) in [6.45, 7) is 3.71. The molecule has 0 saturated heterocycles. The van der Waals surface area contributed by atoms with Gasteiger partial charge in [-0.2, -0.15) is 0 Å². The molecule has 0 bridgehead atoms. The summed E-state index contributed by atoms with van der Waals surface area (Å²) in [4.78, 5) is 24.2. The zero-order chi connectivity index (χ0) is 13.7. The Bertz CT molecular complexity index is 442. The molecule has 18 heavy (non-hydrogen) atoms. The Kier molecular flexibility index (Phi) is 4.89. The number of carbonyl (C=O) groups excluding carboxylic acids is 1. The molecule has 0 aliphatic carbocycles. The molecular formula is C14H19NO3. The van der Waals surface area contributed by atoms with E-state index in [1.165, 1.54) is 0 Å². The average Bonchev–Trinajstić information content (AvgIpc) is 2.34. The highest BCUT2D eigenvalue weighted by atomic mass is 16.4. The van der Waals surface area contributed by atoms with Crippen molar-refractivity contribution in [3.05, 3.63) is 29.8 Å². The van der Waals surface area contributed by atoms with E-state index in [1.54, 1.807) is 18.9 Å². The first-order valence-electron chi connectivity index (χ1n) is 5.98. The average molecular weight is 249 g/mol. The molecule has 0 fully saturated rings. The molecule has 1 unspecified atom stereocenters. The van der Waals surface area contributed by atoms with Crippen LogP contribution in [-0.4, -0.2) is 24.0 Å². The molecule has 0 heterocycles. The molecule has 0 aliphatic rings. The number of carboxylic acids is 1. The smallest absolute Gasteiger partial charge is 0.303 e. The third kappa shape index (κ3) is 3.58. The number of hydrogen-bond donors (Lipinski definition) is 1. The highest BCUT2D eigenvalue weighted by molar-refractivity contribution is 5.95. The van der Waals surface area contributed by atoms with Crippen LogP contribution in [0.3, 0.4) is 0 Å². The fourth-order valence-corrected chi connectivity index (χ4v) is 1.85. The second-order valence-electron chi connectivity index (χ2n) is 4.52. The molecule has 1 atom stereocenters. The summed E-state index contributed by atoms with van der Waals surface area (Å²) in [7, 11) is 1.72. The fraction of sp³-hybridized carbons (Fsp3) is 0.429. The minimum Gasteiger partial charge on any atom is -0.481 e. The largest absolute Gasteiger partial charge is 0.481 e. The summed E-state index contributed by atoms with van der Waals surface area (Å²) in [5.41, 5.74) is 1.89. The van der Waals surface area contributed by atoms with Crippen molar-refractivity contribution in [2.75, 3.05) is 11.9 Å². The molecule has 1 rings (SSSR count). The summed E-state index contributed by atoms with van der Waals surface area (Å²) in [6.07, 6.45) is 0.388. The number of aliphatic carboxylic acids is 1. The van der Waals surface area contributed by atoms with Crippen LogP contribution in [0.25, 0.3) is 0 Å². The Balaban J connectivity index is 2.72. The molecule has 0 aromatic heterocycles. The zero-order valence-corrected chi connectivity index (χ0v) is 11.0. The maximum atomic E-state index is 12.1. The number of amides is 1. The van der Waals surface area contributed by atoms with Crippen molar-refractivity contribution >= 4 is 17.6 Å². The Hall–Kier alpha value is -1.84. The van der Waals surface area contributed by atoms with Gasteiger partial charge in [0.1, 0.15) is 0 Å². The molecular weight excluding hydrogens is 230 g/mol. The number of anilines is 1. The number of benzene rings is 1. The van der Waals surface area contributed by atoms with Crippen molar-refractivity contribution in [1.82, 2.24) is 0 Å². The van der Waals surface area contributed by atoms with Gasteiger partial charge in [0.25, 0.3) is 0 Å². The zero-order valence-electron chi connectivity index (χ0n) is 11.0. The Labute approximate surface area is 107 Å². The standard InChI is InChI=1S/C14H19NO3/c1-10-6-4-5-7-12(10)15(3)14(18)11(2)8-9-13(16)17/h4-7,11H,8-9H2,1-3H3,(H,16,17). The third-order valence-corrected chi connectivity index (χ3v) is 3.02. The van der Waals surface area contributed by atoms with Gasteiger partial charge in [-0.05, 0) is 25.0 Å². The van der Waals surface area contributed by atoms with Crippen molar-refractivity contribution in [3.8, 4) is 0 Å². The SMILES string of the molecule is Cc1ccccc1N(C)C(=O)C(C)CCC(=O)O. The van der Waals surface area contributed by atoms with Gasteiger partial charge in [-0.15, -0.1) is 0 Å². The van der Waals surface area contributed by atoms with Gasteiger partial charge in [0.05, 0.1) is 0 Å². The molecule has 1 aromatic carbocycles. The molecule has 0 radical (unpaired) electrons. The van der Waals surface area contributed by atoms with Crippen molar-refractivity contribution in [2.45, 2.75) is 26.7 Å². The van der Waals surface area contributed by atoms with Crippen LogP contribution in [0.1, 0.15) is 25.3 Å². The molecule has 1 aromatic rings. The first-order valence-corrected chi connectivity index (χ1v) is 5.98. The maximum absolute atomic E-state index is 12.1. The highest BCUT2D eigenvalue weighted by Gasteiger charge is 2.20. The van der Waals surface area contributed by atoms with E-state index in [0.29, 0.717) is 6.42 Å². The first-order chi connectivity index (χ1) is 8.43. The van der Waals surface area contributed by atoms with Crippen LogP contribution in [0.15, 0.2) is 24.3 Å². The van der Waals surface area contributed by atoms with E-state index in [9.17, 15) is 9.59 Å². The van der Waals surface area contributed by atoms with E-state index < -0.39 is 5.97 Å². The first kappa shape index (κ1) is 14.2. The molecule has 1 amide bonds. The quantitative estimate of drug-likeness (QED) is 0.872. The van der Waals surface area contributed by atoms with Gasteiger partial charge in [0.15, 0.2) is 0 Å². The van der Waals surface area contributed by atoms with E-state index >= 15 is 0 Å². The normalized spacial score (nSPS) is 11.9. The Morgan fingerprint density at radius 3 is 2.50 bits per heavy atom. The number of hydrogen-bond acceptors (Lipinski definition) is 2. The minimum absolute atomic E-state index is 0.0223. The van der Waals surface area contributed by atoms with Crippen molar-refractivity contribution in [3.63, 3.8) is 0 Å². The number of rotatable bonds is 5. The van der Waals surface area contributed by atoms with Crippen LogP contribution in [-0.2, 0) is 9.59 Å². The van der Waals surface area contributed by atoms with E-state index in [4.69, 9.17) is 5.11 Å². The van der Waals surface area contributed by atoms with Gasteiger partial charge in [-0.25, -0.2) is 0 Å². The molecule has 1 N–H and O–H groups in total. The Morgan fingerprint density at radius 1 is 1.33 bits per heavy atom. The van der Waals surface area contributed by atoms with Crippen LogP contribution in [0.2, 0.25) is 0 Å². The van der Waals surface area contributed by atoms with Gasteiger partial charge in [-0.1, -0.05) is 25.1 Å². The summed E-state index contributed by atoms with van der Waals surface area (Å²) < 4.78 is 0. The lowest BCUT2D eigenvalue weighted by Crippen LogP contribution is -2.32. The van der Waals surface area contributed by atoms with E-state index in [-0.39, 0.29) is 18.2 Å². The summed E-state index contributed by atoms with van der Waals surface area (Å²) >= 11 is 0. The number of carboxylic acid groups (broad SMARTS) is 1. The van der Waals surface area contributed by atoms with Gasteiger partial charge < -0.3 is 10.0 Å². The second kappa shape index (κ2) is 6.19. The second-order valence-corrected chi connectivity index (χ2v) is 4.52. The molecule has 98 valence electrons. The van der Waals surface area contributed by atoms with E-state index in [2.05, 4.69) is 0 Å². The number of carbonyl (C=O) groups is 2.